The van der Waals surface area contributed by atoms with Gasteiger partial charge in [-0.15, -0.1) is 0 Å². The van der Waals surface area contributed by atoms with Gasteiger partial charge in [-0.05, 0) is 98.8 Å². The largest absolute Gasteiger partial charge is 0.488 e. The highest BCUT2D eigenvalue weighted by Gasteiger charge is 2.29. The van der Waals surface area contributed by atoms with E-state index in [-0.39, 0.29) is 23.5 Å². The lowest BCUT2D eigenvalue weighted by atomic mass is 10.0. The number of aryl methyl sites for hydroxylation is 1. The van der Waals surface area contributed by atoms with Gasteiger partial charge in [0.2, 0.25) is 0 Å². The number of aromatic nitrogens is 2. The highest BCUT2D eigenvalue weighted by molar-refractivity contribution is 6.15. The van der Waals surface area contributed by atoms with Crippen LogP contribution in [0.3, 0.4) is 0 Å². The molecular weight excluding hydrogens is 609 g/mol. The number of likely N-dealkylation sites (tertiary alicyclic amines) is 1. The lowest BCUT2D eigenvalue weighted by Crippen LogP contribution is -2.42. The van der Waals surface area contributed by atoms with Crippen molar-refractivity contribution in [1.29, 1.82) is 0 Å². The average Bonchev–Trinajstić information content (AvgIpc) is 3.69. The number of nitrogen functional groups attached to an aromatic ring is 1. The molecule has 0 atom stereocenters. The second-order valence-electron chi connectivity index (χ2n) is 13.1. The van der Waals surface area contributed by atoms with Crippen molar-refractivity contribution in [3.05, 3.63) is 94.4 Å². The first-order chi connectivity index (χ1) is 23.2. The second kappa shape index (κ2) is 13.4. The zero-order chi connectivity index (χ0) is 33.4. The number of nitrogens with zero attached hydrogens (tertiary/aromatic N) is 4. The number of piperidine rings is 1. The van der Waals surface area contributed by atoms with Crippen LogP contribution >= 0.6 is 0 Å². The summed E-state index contributed by atoms with van der Waals surface area (Å²) in [5.74, 6) is 1.20. The molecule has 3 heterocycles. The predicted molar refractivity (Wildman–Crippen MR) is 185 cm³/mol. The summed E-state index contributed by atoms with van der Waals surface area (Å²) in [6, 6.07) is 16.5. The molecule has 0 saturated carbocycles. The van der Waals surface area contributed by atoms with E-state index in [2.05, 4.69) is 40.9 Å². The number of rotatable bonds is 9. The third-order valence-electron chi connectivity index (χ3n) is 9.59. The Kier molecular flexibility index (Phi) is 8.94. The van der Waals surface area contributed by atoms with E-state index in [0.717, 1.165) is 67.1 Å². The van der Waals surface area contributed by atoms with Crippen LogP contribution in [0.4, 0.5) is 15.9 Å². The fourth-order valence-electron chi connectivity index (χ4n) is 6.78. The van der Waals surface area contributed by atoms with Crippen molar-refractivity contribution in [2.24, 2.45) is 0 Å². The number of fused-ring (bicyclic) bond motifs is 1. The summed E-state index contributed by atoms with van der Waals surface area (Å²) in [4.78, 5) is 18.7. The Labute approximate surface area is 280 Å². The van der Waals surface area contributed by atoms with Crippen molar-refractivity contribution in [2.45, 2.75) is 52.2 Å². The molecule has 2 aliphatic heterocycles. The van der Waals surface area contributed by atoms with E-state index in [0.29, 0.717) is 48.2 Å². The summed E-state index contributed by atoms with van der Waals surface area (Å²) >= 11 is 0. The van der Waals surface area contributed by atoms with E-state index in [4.69, 9.17) is 19.9 Å². The maximum atomic E-state index is 14.1. The average molecular weight is 652 g/mol. The molecule has 1 aliphatic carbocycles. The number of nitrogens with two attached hydrogens (primary N) is 1. The van der Waals surface area contributed by atoms with Gasteiger partial charge < -0.3 is 29.7 Å². The number of hydrogen-bond donors (Lipinski definition) is 1. The van der Waals surface area contributed by atoms with Crippen molar-refractivity contribution < 1.29 is 23.4 Å². The molecule has 4 aromatic rings. The van der Waals surface area contributed by atoms with E-state index in [1.165, 1.54) is 12.3 Å². The predicted octanol–water partition coefficient (Wildman–Crippen LogP) is 6.60. The number of hydrogen-bond acceptors (Lipinski definition) is 8. The molecule has 48 heavy (non-hydrogen) atoms. The number of carbonyl (C=O) groups excluding carboxylic acids is 1. The molecule has 3 aromatic carbocycles. The van der Waals surface area contributed by atoms with Crippen LogP contribution in [0, 0.1) is 12.7 Å². The number of ketones is 1. The number of carbonyl (C=O) groups is 1. The number of halogens is 1. The first kappa shape index (κ1) is 31.9. The number of allylic oxidation sites excluding steroid dienone is 1. The molecule has 3 aliphatic rings. The number of para-hydroxylation sites is 1. The van der Waals surface area contributed by atoms with Crippen molar-refractivity contribution in [1.82, 2.24) is 14.7 Å². The van der Waals surface area contributed by atoms with Crippen LogP contribution in [-0.2, 0) is 11.2 Å². The topological polar surface area (TPSA) is 95.1 Å². The molecular formula is C38H42FN5O4. The fraction of sp³-hybridized carbons (Fsp3) is 0.368. The number of benzene rings is 3. The second-order valence-corrected chi connectivity index (χ2v) is 13.1. The summed E-state index contributed by atoms with van der Waals surface area (Å²) in [5, 5.41) is 4.47. The van der Waals surface area contributed by atoms with Gasteiger partial charge in [-0.2, -0.15) is 5.10 Å². The molecule has 0 amide bonds. The molecule has 0 radical (unpaired) electrons. The Morgan fingerprint density at radius 1 is 1.00 bits per heavy atom. The zero-order valence-corrected chi connectivity index (χ0v) is 27.7. The van der Waals surface area contributed by atoms with Gasteiger partial charge in [0.15, 0.2) is 17.3 Å². The molecule has 0 spiro atoms. The van der Waals surface area contributed by atoms with E-state index in [9.17, 15) is 9.18 Å². The van der Waals surface area contributed by atoms with E-state index in [1.807, 2.05) is 19.1 Å². The highest BCUT2D eigenvalue weighted by Crippen LogP contribution is 2.40. The Balaban J connectivity index is 1.11. The number of ether oxygens (including phenoxy) is 3. The van der Waals surface area contributed by atoms with E-state index < -0.39 is 5.82 Å². The summed E-state index contributed by atoms with van der Waals surface area (Å²) in [5.41, 5.74) is 12.2. The molecule has 9 nitrogen and oxygen atoms in total. The Bertz CT molecular complexity index is 1850. The Morgan fingerprint density at radius 3 is 2.50 bits per heavy atom. The minimum absolute atomic E-state index is 0.147. The van der Waals surface area contributed by atoms with Gasteiger partial charge in [0.25, 0.3) is 0 Å². The minimum atomic E-state index is -0.438. The first-order valence-corrected chi connectivity index (χ1v) is 16.8. The number of morpholine rings is 1. The Hall–Kier alpha value is -4.67. The lowest BCUT2D eigenvalue weighted by Gasteiger charge is -2.36. The van der Waals surface area contributed by atoms with E-state index >= 15 is 0 Å². The maximum absolute atomic E-state index is 14.1. The molecule has 7 rings (SSSR count). The van der Waals surface area contributed by atoms with Crippen molar-refractivity contribution >= 4 is 23.4 Å². The summed E-state index contributed by atoms with van der Waals surface area (Å²) in [6.07, 6.45) is 6.12. The summed E-state index contributed by atoms with van der Waals surface area (Å²) < 4.78 is 33.8. The van der Waals surface area contributed by atoms with Gasteiger partial charge in [-0.25, -0.2) is 9.07 Å². The quantitative estimate of drug-likeness (QED) is 0.202. The maximum Gasteiger partial charge on any atom is 0.194 e. The first-order valence-electron chi connectivity index (χ1n) is 16.8. The van der Waals surface area contributed by atoms with Gasteiger partial charge in [-0.1, -0.05) is 12.1 Å². The van der Waals surface area contributed by atoms with Gasteiger partial charge in [-0.3, -0.25) is 4.79 Å². The smallest absolute Gasteiger partial charge is 0.194 e. The standard InChI is InChI=1S/C38H42FN5O4/c1-24(2)42-12-10-30(11-13-42)47-36-22-27-20-28(19-26(27)21-33(36)43-14-16-46-17-15-43)37(45)31-23-41-44(38(31)40)29-8-9-34(25(3)18-29)48-35-7-5-4-6-32(35)39/h4-9,18,20-24,30H,10-17,19,40H2,1-3H3. The molecule has 2 N–H and O–H groups in total. The van der Waals surface area contributed by atoms with Crippen LogP contribution in [-0.4, -0.2) is 72.0 Å². The van der Waals surface area contributed by atoms with Crippen LogP contribution in [0.15, 0.2) is 66.4 Å². The number of anilines is 2. The molecule has 250 valence electrons. The monoisotopic (exact) mass is 651 g/mol. The SMILES string of the molecule is Cc1cc(-n2ncc(C(=O)C3=Cc4cc(OC5CCN(C(C)C)CC5)c(N5CCOCC5)cc4C3)c2N)ccc1Oc1ccccc1F. The highest BCUT2D eigenvalue weighted by atomic mass is 19.1. The zero-order valence-electron chi connectivity index (χ0n) is 27.7. The van der Waals surface area contributed by atoms with Gasteiger partial charge >= 0.3 is 0 Å². The molecule has 0 unspecified atom stereocenters. The third-order valence-corrected chi connectivity index (χ3v) is 9.59. The molecule has 2 saturated heterocycles. The van der Waals surface area contributed by atoms with Crippen LogP contribution in [0.25, 0.3) is 11.8 Å². The van der Waals surface area contributed by atoms with Gasteiger partial charge in [0.1, 0.15) is 23.4 Å². The normalized spacial score (nSPS) is 17.0. The van der Waals surface area contributed by atoms with Crippen LogP contribution in [0.5, 0.6) is 17.2 Å². The number of Topliss-reactive ketones (excluding diaryl/α,β-unsaturated/α-hetero) is 1. The third kappa shape index (κ3) is 6.42. The van der Waals surface area contributed by atoms with Crippen molar-refractivity contribution in [3.63, 3.8) is 0 Å². The Morgan fingerprint density at radius 2 is 1.77 bits per heavy atom. The molecule has 1 aromatic heterocycles. The lowest BCUT2D eigenvalue weighted by molar-refractivity contribution is 0.0839. The van der Waals surface area contributed by atoms with Gasteiger partial charge in [0.05, 0.1) is 36.3 Å². The van der Waals surface area contributed by atoms with Crippen molar-refractivity contribution in [3.8, 4) is 22.9 Å². The fourth-order valence-corrected chi connectivity index (χ4v) is 6.78. The molecule has 2 fully saturated rings. The molecule has 0 bridgehead atoms. The minimum Gasteiger partial charge on any atom is -0.488 e. The molecule has 10 heteroatoms. The summed E-state index contributed by atoms with van der Waals surface area (Å²) in [7, 11) is 0. The van der Waals surface area contributed by atoms with Crippen LogP contribution in [0.2, 0.25) is 0 Å². The van der Waals surface area contributed by atoms with Gasteiger partial charge in [0, 0.05) is 44.2 Å². The van der Waals surface area contributed by atoms with Crippen molar-refractivity contribution in [2.75, 3.05) is 50.0 Å². The summed E-state index contributed by atoms with van der Waals surface area (Å²) in [6.45, 7) is 11.4. The van der Waals surface area contributed by atoms with Crippen LogP contribution in [0.1, 0.15) is 53.7 Å². The van der Waals surface area contributed by atoms with Crippen LogP contribution < -0.4 is 20.1 Å². The van der Waals surface area contributed by atoms with E-state index in [1.54, 1.807) is 35.0 Å².